The monoisotopic (exact) mass is 489 g/mol. The molecule has 168 valence electrons. The zero-order chi connectivity index (χ0) is 23.9. The van der Waals surface area contributed by atoms with Gasteiger partial charge in [0.1, 0.15) is 0 Å². The Labute approximate surface area is 215 Å². The Bertz CT molecular complexity index is 1500. The Hall–Kier alpha value is -3.65. The second-order valence-corrected chi connectivity index (χ2v) is 9.64. The van der Waals surface area contributed by atoms with Crippen LogP contribution in [0, 0.1) is 6.92 Å². The molecule has 6 rings (SSSR count). The highest BCUT2D eigenvalue weighted by molar-refractivity contribution is 6.31. The number of halogens is 2. The van der Waals surface area contributed by atoms with Gasteiger partial charge >= 0.3 is 0 Å². The summed E-state index contributed by atoms with van der Waals surface area (Å²) in [6.45, 7) is 2.09. The van der Waals surface area contributed by atoms with Gasteiger partial charge in [0, 0.05) is 32.3 Å². The number of hydrogen-bond acceptors (Lipinski definition) is 1. The molecule has 0 aromatic heterocycles. The van der Waals surface area contributed by atoms with E-state index < -0.39 is 0 Å². The molecule has 0 spiro atoms. The molecule has 35 heavy (non-hydrogen) atoms. The van der Waals surface area contributed by atoms with E-state index in [4.69, 9.17) is 28.2 Å². The minimum atomic E-state index is 0.727. The second-order valence-electron chi connectivity index (χ2n) is 8.77. The topological polar surface area (TPSA) is 12.4 Å². The van der Waals surface area contributed by atoms with Gasteiger partial charge in [0.15, 0.2) is 0 Å². The first-order chi connectivity index (χ1) is 17.1. The first-order valence-corrected chi connectivity index (χ1v) is 12.3. The van der Waals surface area contributed by atoms with Gasteiger partial charge in [0.25, 0.3) is 0 Å². The summed E-state index contributed by atoms with van der Waals surface area (Å²) < 4.78 is 0. The molecule has 0 fully saturated rings. The number of nitrogens with zero attached hydrogens (tertiary/aromatic N) is 1. The Kier molecular flexibility index (Phi) is 5.53. The SMILES string of the molecule is Cc1cccc(N=C2c3cccc(-c4ccc(Cl)cc4)c3-c3c2cccc3-c2ccc(Cl)cc2)c1. The maximum absolute atomic E-state index is 6.21. The van der Waals surface area contributed by atoms with Crippen molar-refractivity contribution in [3.05, 3.63) is 136 Å². The Morgan fingerprint density at radius 2 is 0.971 bits per heavy atom. The summed E-state index contributed by atoms with van der Waals surface area (Å²) >= 11 is 12.4. The fourth-order valence-electron chi connectivity index (χ4n) is 4.87. The average molecular weight is 490 g/mol. The van der Waals surface area contributed by atoms with Crippen molar-refractivity contribution in [2.24, 2.45) is 4.99 Å². The van der Waals surface area contributed by atoms with Gasteiger partial charge in [-0.05, 0) is 71.1 Å². The molecule has 3 heteroatoms. The molecule has 1 aliphatic rings. The van der Waals surface area contributed by atoms with Crippen LogP contribution in [0.1, 0.15) is 16.7 Å². The molecule has 0 N–H and O–H groups in total. The Balaban J connectivity index is 1.67. The lowest BCUT2D eigenvalue weighted by atomic mass is 9.89. The fraction of sp³-hybridized carbons (Fsp3) is 0.0312. The number of hydrogen-bond donors (Lipinski definition) is 0. The highest BCUT2D eigenvalue weighted by Gasteiger charge is 2.30. The van der Waals surface area contributed by atoms with E-state index in [1.165, 1.54) is 16.7 Å². The van der Waals surface area contributed by atoms with Crippen molar-refractivity contribution in [2.75, 3.05) is 0 Å². The van der Waals surface area contributed by atoms with Crippen LogP contribution in [-0.2, 0) is 0 Å². The zero-order valence-electron chi connectivity index (χ0n) is 19.1. The van der Waals surface area contributed by atoms with Crippen molar-refractivity contribution in [1.29, 1.82) is 0 Å². The van der Waals surface area contributed by atoms with Crippen molar-refractivity contribution in [2.45, 2.75) is 6.92 Å². The minimum Gasteiger partial charge on any atom is -0.248 e. The van der Waals surface area contributed by atoms with E-state index in [0.29, 0.717) is 0 Å². The smallest absolute Gasteiger partial charge is 0.0794 e. The summed E-state index contributed by atoms with van der Waals surface area (Å²) in [5.41, 5.74) is 12.4. The van der Waals surface area contributed by atoms with E-state index in [1.54, 1.807) is 0 Å². The predicted octanol–water partition coefficient (Wildman–Crippen LogP) is 9.79. The first-order valence-electron chi connectivity index (χ1n) is 11.5. The maximum Gasteiger partial charge on any atom is 0.0794 e. The molecule has 0 heterocycles. The molecule has 0 unspecified atom stereocenters. The molecule has 1 aliphatic carbocycles. The van der Waals surface area contributed by atoms with Crippen LogP contribution < -0.4 is 0 Å². The molecular formula is C32H21Cl2N. The van der Waals surface area contributed by atoms with Gasteiger partial charge in [-0.25, -0.2) is 4.99 Å². The quantitative estimate of drug-likeness (QED) is 0.234. The van der Waals surface area contributed by atoms with Gasteiger partial charge in [-0.2, -0.15) is 0 Å². The molecule has 0 saturated carbocycles. The van der Waals surface area contributed by atoms with Crippen LogP contribution in [0.4, 0.5) is 5.69 Å². The van der Waals surface area contributed by atoms with Crippen LogP contribution in [0.3, 0.4) is 0 Å². The average Bonchev–Trinajstić information content (AvgIpc) is 3.19. The Morgan fingerprint density at radius 3 is 1.46 bits per heavy atom. The number of rotatable bonds is 3. The molecule has 0 atom stereocenters. The van der Waals surface area contributed by atoms with Crippen LogP contribution >= 0.6 is 23.2 Å². The normalized spacial score (nSPS) is 11.8. The lowest BCUT2D eigenvalue weighted by molar-refractivity contribution is 1.42. The van der Waals surface area contributed by atoms with Crippen molar-refractivity contribution >= 4 is 34.6 Å². The highest BCUT2D eigenvalue weighted by Crippen LogP contribution is 2.48. The number of fused-ring (bicyclic) bond motifs is 3. The lowest BCUT2D eigenvalue weighted by Gasteiger charge is -2.14. The summed E-state index contributed by atoms with van der Waals surface area (Å²) in [7, 11) is 0. The van der Waals surface area contributed by atoms with Gasteiger partial charge in [-0.1, -0.05) is 96.0 Å². The highest BCUT2D eigenvalue weighted by atomic mass is 35.5. The van der Waals surface area contributed by atoms with Crippen LogP contribution in [0.5, 0.6) is 0 Å². The lowest BCUT2D eigenvalue weighted by Crippen LogP contribution is -1.98. The predicted molar refractivity (Wildman–Crippen MR) is 149 cm³/mol. The van der Waals surface area contributed by atoms with Crippen molar-refractivity contribution in [1.82, 2.24) is 0 Å². The van der Waals surface area contributed by atoms with Crippen molar-refractivity contribution < 1.29 is 0 Å². The Morgan fingerprint density at radius 1 is 0.514 bits per heavy atom. The number of aliphatic imine (C=N–C) groups is 1. The molecule has 0 bridgehead atoms. The number of aryl methyl sites for hydroxylation is 1. The summed E-state index contributed by atoms with van der Waals surface area (Å²) in [6.07, 6.45) is 0. The summed E-state index contributed by atoms with van der Waals surface area (Å²) in [5.74, 6) is 0. The molecule has 5 aromatic rings. The van der Waals surface area contributed by atoms with Crippen LogP contribution in [0.15, 0.2) is 114 Å². The van der Waals surface area contributed by atoms with E-state index in [2.05, 4.69) is 91.9 Å². The molecule has 0 aliphatic heterocycles. The van der Waals surface area contributed by atoms with Crippen molar-refractivity contribution in [3.8, 4) is 33.4 Å². The summed E-state index contributed by atoms with van der Waals surface area (Å²) in [5, 5.41) is 1.45. The van der Waals surface area contributed by atoms with Gasteiger partial charge < -0.3 is 0 Å². The largest absolute Gasteiger partial charge is 0.248 e. The van der Waals surface area contributed by atoms with E-state index >= 15 is 0 Å². The van der Waals surface area contributed by atoms with E-state index in [-0.39, 0.29) is 0 Å². The van der Waals surface area contributed by atoms with Crippen LogP contribution in [-0.4, -0.2) is 5.71 Å². The van der Waals surface area contributed by atoms with Gasteiger partial charge in [-0.15, -0.1) is 0 Å². The molecule has 1 nitrogen and oxygen atoms in total. The third-order valence-electron chi connectivity index (χ3n) is 6.44. The third kappa shape index (κ3) is 3.97. The maximum atomic E-state index is 6.21. The first kappa shape index (κ1) is 21.9. The molecule has 0 saturated heterocycles. The van der Waals surface area contributed by atoms with Crippen molar-refractivity contribution in [3.63, 3.8) is 0 Å². The van der Waals surface area contributed by atoms with E-state index in [9.17, 15) is 0 Å². The summed E-state index contributed by atoms with van der Waals surface area (Å²) in [4.78, 5) is 5.17. The molecule has 0 radical (unpaired) electrons. The standard InChI is InChI=1S/C32H21Cl2N/c1-20-5-2-6-25(19-20)35-32-28-9-3-7-26(21-11-15-23(33)16-12-21)30(28)31-27(8-4-10-29(31)32)22-13-17-24(34)18-14-22/h2-19H,1H3. The van der Waals surface area contributed by atoms with Gasteiger partial charge in [0.2, 0.25) is 0 Å². The van der Waals surface area contributed by atoms with Crippen LogP contribution in [0.25, 0.3) is 33.4 Å². The molecule has 5 aromatic carbocycles. The van der Waals surface area contributed by atoms with Gasteiger partial charge in [-0.3, -0.25) is 0 Å². The fourth-order valence-corrected chi connectivity index (χ4v) is 5.12. The summed E-state index contributed by atoms with van der Waals surface area (Å²) in [6, 6.07) is 37.4. The third-order valence-corrected chi connectivity index (χ3v) is 6.95. The molecular weight excluding hydrogens is 469 g/mol. The van der Waals surface area contributed by atoms with E-state index in [1.807, 2.05) is 24.3 Å². The van der Waals surface area contributed by atoms with Gasteiger partial charge in [0.05, 0.1) is 11.4 Å². The molecule has 0 amide bonds. The zero-order valence-corrected chi connectivity index (χ0v) is 20.6. The second kappa shape index (κ2) is 8.85. The van der Waals surface area contributed by atoms with E-state index in [0.717, 1.165) is 54.8 Å². The van der Waals surface area contributed by atoms with Crippen LogP contribution in [0.2, 0.25) is 10.0 Å². The number of benzene rings is 5. The minimum absolute atomic E-state index is 0.727.